The van der Waals surface area contributed by atoms with Gasteiger partial charge in [-0.1, -0.05) is 0 Å². The van der Waals surface area contributed by atoms with Crippen molar-refractivity contribution in [2.24, 2.45) is 10.8 Å². The van der Waals surface area contributed by atoms with E-state index in [2.05, 4.69) is 9.83 Å². The Bertz CT molecular complexity index is 1530. The maximum absolute atomic E-state index is 14.8. The highest BCUT2D eigenvalue weighted by Crippen LogP contribution is 2.73. The molecule has 2 unspecified atom stereocenters. The molecular formula is C32H52N4O13P2. The van der Waals surface area contributed by atoms with Crippen LogP contribution in [0.4, 0.5) is 0 Å². The Morgan fingerprint density at radius 1 is 1.08 bits per heavy atom. The lowest BCUT2D eigenvalue weighted by Gasteiger charge is -2.38. The first-order valence-corrected chi connectivity index (χ1v) is 19.3. The quantitative estimate of drug-likeness (QED) is 0.0764. The van der Waals surface area contributed by atoms with Gasteiger partial charge in [-0.05, 0) is 75.7 Å². The molecule has 1 saturated carbocycles. The smallest absolute Gasteiger partial charge is 0.342 e. The minimum absolute atomic E-state index is 0.0154. The number of rotatable bonds is 17. The van der Waals surface area contributed by atoms with Crippen LogP contribution in [0.3, 0.4) is 0 Å². The van der Waals surface area contributed by atoms with Crippen molar-refractivity contribution in [2.75, 3.05) is 33.8 Å². The molecule has 1 aromatic heterocycles. The Hall–Kier alpha value is -2.51. The molecule has 2 fully saturated rings. The van der Waals surface area contributed by atoms with Gasteiger partial charge in [0, 0.05) is 31.5 Å². The molecule has 2 aliphatic rings. The monoisotopic (exact) mass is 762 g/mol. The largest absolute Gasteiger partial charge is 0.438 e. The number of aromatic amines is 1. The number of methoxy groups -OCH3 is 1. The van der Waals surface area contributed by atoms with E-state index in [0.717, 1.165) is 10.6 Å². The third-order valence-electron chi connectivity index (χ3n) is 8.02. The van der Waals surface area contributed by atoms with Gasteiger partial charge in [0.05, 0.1) is 16.5 Å². The van der Waals surface area contributed by atoms with Gasteiger partial charge in [-0.2, -0.15) is 0 Å². The Kier molecular flexibility index (Phi) is 14.4. The first-order valence-electron chi connectivity index (χ1n) is 16.6. The van der Waals surface area contributed by atoms with Crippen molar-refractivity contribution < 1.29 is 51.2 Å². The van der Waals surface area contributed by atoms with E-state index in [1.165, 1.54) is 13.3 Å². The summed E-state index contributed by atoms with van der Waals surface area (Å²) in [5.74, 6) is -1.25. The number of nitrogens with one attached hydrogen (secondary N) is 1. The molecule has 0 bridgehead atoms. The van der Waals surface area contributed by atoms with Crippen LogP contribution in [0.25, 0.3) is 4.85 Å². The summed E-state index contributed by atoms with van der Waals surface area (Å²) in [4.78, 5) is 55.6. The standard InChI is InChI=1S/C32H52N4O13P2/c1-20(2)36(21(3)4)50(45-16-14-33-11)49-25-24(42-12)26(35-15-13-23(37)34-29(35)40)48-32(25)17-22(32)51(41,46-18-43-27(38)30(5,6)7)47-19-44-28(39)31(8,9)10/h13,15,20-22,24-26H,14,16-19H2,1-10,12H3,(H,34,37,40)/t22?,24-,25+,26-,32-,50?/m1/s1. The number of hydrogen-bond donors (Lipinski definition) is 1. The van der Waals surface area contributed by atoms with E-state index in [1.54, 1.807) is 41.5 Å². The number of carbonyl (C=O) groups is 2. The molecule has 288 valence electrons. The Morgan fingerprint density at radius 3 is 2.08 bits per heavy atom. The number of nitrogens with zero attached hydrogens (tertiary/aromatic N) is 3. The molecule has 1 saturated heterocycles. The average molecular weight is 763 g/mol. The third-order valence-corrected chi connectivity index (χ3v) is 12.4. The SMILES string of the molecule is [C-]#[N+]CCOP(O[C@H]1[C@@H](OC)[C@H](n2ccc(=O)[nH]c2=O)O[C@@]12CC2P(=O)(OCOC(=O)C(C)(C)C)OCOC(=O)C(C)(C)C)N(C(C)C)C(C)C. The lowest BCUT2D eigenvalue weighted by atomic mass is 9.98. The van der Waals surface area contributed by atoms with Crippen LogP contribution in [-0.2, 0) is 51.2 Å². The number of aromatic nitrogens is 2. The van der Waals surface area contributed by atoms with Gasteiger partial charge in [-0.15, -0.1) is 0 Å². The van der Waals surface area contributed by atoms with Crippen molar-refractivity contribution in [2.45, 2.75) is 117 Å². The second-order valence-corrected chi connectivity index (χ2v) is 18.5. The zero-order valence-electron chi connectivity index (χ0n) is 31.2. The fourth-order valence-corrected chi connectivity index (χ4v) is 9.29. The van der Waals surface area contributed by atoms with E-state index in [1.807, 2.05) is 32.4 Å². The third kappa shape index (κ3) is 10.3. The molecule has 3 rings (SSSR count). The predicted molar refractivity (Wildman–Crippen MR) is 185 cm³/mol. The Morgan fingerprint density at radius 2 is 1.63 bits per heavy atom. The molecule has 1 aliphatic heterocycles. The molecule has 0 radical (unpaired) electrons. The highest BCUT2D eigenvalue weighted by Gasteiger charge is 2.77. The zero-order chi connectivity index (χ0) is 38.5. The minimum atomic E-state index is -4.40. The molecule has 51 heavy (non-hydrogen) atoms. The van der Waals surface area contributed by atoms with Crippen molar-refractivity contribution in [3.05, 3.63) is 44.5 Å². The summed E-state index contributed by atoms with van der Waals surface area (Å²) in [6.45, 7) is 23.5. The lowest BCUT2D eigenvalue weighted by molar-refractivity contribution is -0.162. The summed E-state index contributed by atoms with van der Waals surface area (Å²) >= 11 is 0. The summed E-state index contributed by atoms with van der Waals surface area (Å²) in [6.07, 6.45) is -2.10. The van der Waals surface area contributed by atoms with Crippen LogP contribution in [0.1, 0.15) is 81.9 Å². The highest BCUT2D eigenvalue weighted by atomic mass is 31.2. The summed E-state index contributed by atoms with van der Waals surface area (Å²) in [5, 5.41) is 0. The van der Waals surface area contributed by atoms with Gasteiger partial charge < -0.3 is 32.8 Å². The average Bonchev–Trinajstić information content (AvgIpc) is 3.67. The minimum Gasteiger partial charge on any atom is -0.438 e. The van der Waals surface area contributed by atoms with Crippen LogP contribution in [0.15, 0.2) is 21.9 Å². The molecule has 1 aliphatic carbocycles. The van der Waals surface area contributed by atoms with Crippen molar-refractivity contribution in [3.8, 4) is 0 Å². The van der Waals surface area contributed by atoms with Gasteiger partial charge in [0.15, 0.2) is 6.23 Å². The van der Waals surface area contributed by atoms with Gasteiger partial charge in [-0.3, -0.25) is 37.5 Å². The maximum Gasteiger partial charge on any atom is 0.342 e. The van der Waals surface area contributed by atoms with Gasteiger partial charge in [0.1, 0.15) is 24.4 Å². The van der Waals surface area contributed by atoms with E-state index in [-0.39, 0.29) is 31.7 Å². The van der Waals surface area contributed by atoms with Crippen molar-refractivity contribution >= 4 is 28.1 Å². The van der Waals surface area contributed by atoms with Gasteiger partial charge in [0.2, 0.25) is 20.1 Å². The van der Waals surface area contributed by atoms with Crippen LogP contribution >= 0.6 is 16.1 Å². The first-order chi connectivity index (χ1) is 23.6. The van der Waals surface area contributed by atoms with E-state index in [9.17, 15) is 23.7 Å². The molecule has 17 nitrogen and oxygen atoms in total. The topological polar surface area (TPSA) is 188 Å². The van der Waals surface area contributed by atoms with Crippen molar-refractivity contribution in [1.82, 2.24) is 14.2 Å². The fraction of sp³-hybridized carbons (Fsp3) is 0.781. The second-order valence-electron chi connectivity index (χ2n) is 14.8. The first kappa shape index (κ1) is 42.9. The fourth-order valence-electron chi connectivity index (χ4n) is 5.42. The predicted octanol–water partition coefficient (Wildman–Crippen LogP) is 4.58. The highest BCUT2D eigenvalue weighted by molar-refractivity contribution is 7.55. The summed E-state index contributed by atoms with van der Waals surface area (Å²) in [6, 6.07) is 0.986. The molecule has 2 heterocycles. The molecule has 1 aromatic rings. The molecule has 0 amide bonds. The molecular weight excluding hydrogens is 710 g/mol. The molecule has 19 heteroatoms. The van der Waals surface area contributed by atoms with Gasteiger partial charge in [0.25, 0.3) is 14.1 Å². The molecule has 1 spiro atoms. The Labute approximate surface area is 299 Å². The van der Waals surface area contributed by atoms with Crippen LogP contribution in [0, 0.1) is 17.4 Å². The van der Waals surface area contributed by atoms with Crippen molar-refractivity contribution in [3.63, 3.8) is 0 Å². The summed E-state index contributed by atoms with van der Waals surface area (Å²) in [7, 11) is -4.94. The number of carbonyl (C=O) groups excluding carboxylic acids is 2. The summed E-state index contributed by atoms with van der Waals surface area (Å²) < 4.78 is 65.2. The van der Waals surface area contributed by atoms with E-state index >= 15 is 0 Å². The number of ether oxygens (including phenoxy) is 4. The number of H-pyrrole nitrogens is 1. The second kappa shape index (κ2) is 17.1. The van der Waals surface area contributed by atoms with E-state index in [0.29, 0.717) is 0 Å². The number of esters is 2. The van der Waals surface area contributed by atoms with Crippen molar-refractivity contribution in [1.29, 1.82) is 0 Å². The zero-order valence-corrected chi connectivity index (χ0v) is 33.0. The molecule has 1 N–H and O–H groups in total. The molecule has 6 atom stereocenters. The van der Waals surface area contributed by atoms with E-state index < -0.39 is 93.4 Å². The maximum atomic E-state index is 14.8. The normalized spacial score (nSPS) is 24.3. The Balaban J connectivity index is 2.10. The van der Waals surface area contributed by atoms with Crippen LogP contribution in [0.5, 0.6) is 0 Å². The summed E-state index contributed by atoms with van der Waals surface area (Å²) in [5.41, 5.74) is -5.82. The van der Waals surface area contributed by atoms with Gasteiger partial charge in [-0.25, -0.2) is 16.0 Å². The van der Waals surface area contributed by atoms with Crippen LogP contribution in [-0.4, -0.2) is 95.6 Å². The number of hydrogen-bond acceptors (Lipinski definition) is 14. The van der Waals surface area contributed by atoms with Crippen LogP contribution < -0.4 is 11.2 Å². The lowest BCUT2D eigenvalue weighted by Crippen LogP contribution is -2.42. The van der Waals surface area contributed by atoms with Crippen LogP contribution in [0.2, 0.25) is 0 Å². The van der Waals surface area contributed by atoms with E-state index in [4.69, 9.17) is 43.6 Å². The van der Waals surface area contributed by atoms with Gasteiger partial charge >= 0.3 is 25.2 Å². The molecule has 0 aromatic carbocycles.